The van der Waals surface area contributed by atoms with Crippen molar-refractivity contribution in [1.82, 2.24) is 9.47 Å². The first kappa shape index (κ1) is 15.3. The van der Waals surface area contributed by atoms with Gasteiger partial charge in [-0.25, -0.2) is 0 Å². The van der Waals surface area contributed by atoms with Crippen molar-refractivity contribution in [2.45, 2.75) is 46.8 Å². The Hall–Kier alpha value is -1.13. The average Bonchev–Trinajstić information content (AvgIpc) is 2.56. The summed E-state index contributed by atoms with van der Waals surface area (Å²) in [4.78, 5) is 14.8. The van der Waals surface area contributed by atoms with Gasteiger partial charge in [0.05, 0.1) is 12.6 Å². The van der Waals surface area contributed by atoms with Crippen LogP contribution in [0.4, 0.5) is 0 Å². The maximum atomic E-state index is 12.5. The second-order valence-electron chi connectivity index (χ2n) is 5.72. The first-order chi connectivity index (χ1) is 9.52. The molecular formula is C16H26N2O2. The van der Waals surface area contributed by atoms with Crippen LogP contribution in [0.3, 0.4) is 0 Å². The fourth-order valence-electron chi connectivity index (χ4n) is 3.08. The zero-order chi connectivity index (χ0) is 14.7. The average molecular weight is 278 g/mol. The van der Waals surface area contributed by atoms with Crippen LogP contribution in [0.5, 0.6) is 0 Å². The van der Waals surface area contributed by atoms with Crippen molar-refractivity contribution in [3.05, 3.63) is 23.0 Å². The number of ketones is 1. The van der Waals surface area contributed by atoms with Gasteiger partial charge in [-0.05, 0) is 40.2 Å². The summed E-state index contributed by atoms with van der Waals surface area (Å²) in [5.41, 5.74) is 3.14. The van der Waals surface area contributed by atoms with Crippen molar-refractivity contribution in [1.29, 1.82) is 0 Å². The van der Waals surface area contributed by atoms with Gasteiger partial charge < -0.3 is 9.30 Å². The van der Waals surface area contributed by atoms with E-state index in [0.717, 1.165) is 43.9 Å². The molecule has 1 fully saturated rings. The maximum absolute atomic E-state index is 12.5. The molecule has 4 nitrogen and oxygen atoms in total. The van der Waals surface area contributed by atoms with Gasteiger partial charge in [0.1, 0.15) is 0 Å². The van der Waals surface area contributed by atoms with E-state index in [2.05, 4.69) is 30.2 Å². The second kappa shape index (κ2) is 6.55. The molecule has 1 saturated heterocycles. The summed E-state index contributed by atoms with van der Waals surface area (Å²) in [6.07, 6.45) is 1.22. The van der Waals surface area contributed by atoms with Crippen molar-refractivity contribution < 1.29 is 9.53 Å². The van der Waals surface area contributed by atoms with Crippen molar-refractivity contribution in [2.24, 2.45) is 0 Å². The molecule has 0 N–H and O–H groups in total. The van der Waals surface area contributed by atoms with Gasteiger partial charge in [-0.15, -0.1) is 0 Å². The highest BCUT2D eigenvalue weighted by Crippen LogP contribution is 2.16. The SMILES string of the molecule is CCn1c(C)cc(C(=O)CN2CCCOC(C)C2)c1C. The maximum Gasteiger partial charge on any atom is 0.178 e. The quantitative estimate of drug-likeness (QED) is 0.793. The minimum Gasteiger partial charge on any atom is -0.377 e. The van der Waals surface area contributed by atoms with E-state index in [4.69, 9.17) is 4.74 Å². The fraction of sp³-hybridized carbons (Fsp3) is 0.688. The largest absolute Gasteiger partial charge is 0.377 e. The topological polar surface area (TPSA) is 34.5 Å². The Morgan fingerprint density at radius 2 is 2.20 bits per heavy atom. The molecule has 2 heterocycles. The lowest BCUT2D eigenvalue weighted by Crippen LogP contribution is -2.34. The van der Waals surface area contributed by atoms with E-state index in [-0.39, 0.29) is 11.9 Å². The predicted octanol–water partition coefficient (Wildman–Crippen LogP) is 2.42. The summed E-state index contributed by atoms with van der Waals surface area (Å²) in [6.45, 7) is 12.3. The molecule has 1 aliphatic heterocycles. The Morgan fingerprint density at radius 3 is 2.85 bits per heavy atom. The number of aryl methyl sites for hydroxylation is 1. The highest BCUT2D eigenvalue weighted by molar-refractivity contribution is 5.99. The monoisotopic (exact) mass is 278 g/mol. The van der Waals surface area contributed by atoms with Crippen LogP contribution in [-0.4, -0.2) is 47.6 Å². The normalized spacial score (nSPS) is 20.9. The van der Waals surface area contributed by atoms with Crippen molar-refractivity contribution in [3.63, 3.8) is 0 Å². The Bertz CT molecular complexity index is 479. The number of rotatable bonds is 4. The molecule has 1 atom stereocenters. The van der Waals surface area contributed by atoms with Gasteiger partial charge in [0, 0.05) is 43.2 Å². The van der Waals surface area contributed by atoms with E-state index in [0.29, 0.717) is 6.54 Å². The van der Waals surface area contributed by atoms with Crippen molar-refractivity contribution in [3.8, 4) is 0 Å². The van der Waals surface area contributed by atoms with E-state index in [1.807, 2.05) is 13.0 Å². The van der Waals surface area contributed by atoms with Crippen LogP contribution in [0.1, 0.15) is 42.0 Å². The lowest BCUT2D eigenvalue weighted by atomic mass is 10.1. The molecule has 1 unspecified atom stereocenters. The predicted molar refractivity (Wildman–Crippen MR) is 80.4 cm³/mol. The lowest BCUT2D eigenvalue weighted by molar-refractivity contribution is 0.0657. The summed E-state index contributed by atoms with van der Waals surface area (Å²) >= 11 is 0. The lowest BCUT2D eigenvalue weighted by Gasteiger charge is -2.20. The third kappa shape index (κ3) is 3.30. The molecule has 112 valence electrons. The third-order valence-electron chi connectivity index (χ3n) is 4.09. The van der Waals surface area contributed by atoms with Gasteiger partial charge in [0.15, 0.2) is 5.78 Å². The van der Waals surface area contributed by atoms with E-state index < -0.39 is 0 Å². The molecule has 0 aromatic carbocycles. The van der Waals surface area contributed by atoms with Gasteiger partial charge in [-0.2, -0.15) is 0 Å². The molecule has 2 rings (SSSR count). The number of hydrogen-bond donors (Lipinski definition) is 0. The summed E-state index contributed by atoms with van der Waals surface area (Å²) in [5.74, 6) is 0.229. The van der Waals surface area contributed by atoms with Gasteiger partial charge in [-0.1, -0.05) is 0 Å². The molecular weight excluding hydrogens is 252 g/mol. The first-order valence-corrected chi connectivity index (χ1v) is 7.56. The summed E-state index contributed by atoms with van der Waals surface area (Å²) < 4.78 is 7.82. The minimum atomic E-state index is 0.216. The second-order valence-corrected chi connectivity index (χ2v) is 5.72. The Balaban J connectivity index is 2.08. The van der Waals surface area contributed by atoms with Crippen LogP contribution in [0.15, 0.2) is 6.07 Å². The molecule has 0 spiro atoms. The number of nitrogens with zero attached hydrogens (tertiary/aromatic N) is 2. The Kier molecular flexibility index (Phi) is 5.00. The minimum absolute atomic E-state index is 0.216. The van der Waals surface area contributed by atoms with Gasteiger partial charge in [0.2, 0.25) is 0 Å². The van der Waals surface area contributed by atoms with Crippen molar-refractivity contribution in [2.75, 3.05) is 26.2 Å². The van der Waals surface area contributed by atoms with Gasteiger partial charge in [0.25, 0.3) is 0 Å². The molecule has 4 heteroatoms. The fourth-order valence-corrected chi connectivity index (χ4v) is 3.08. The van der Waals surface area contributed by atoms with E-state index in [1.54, 1.807) is 0 Å². The Morgan fingerprint density at radius 1 is 1.45 bits per heavy atom. The van der Waals surface area contributed by atoms with E-state index in [9.17, 15) is 4.79 Å². The number of Topliss-reactive ketones (excluding diaryl/α,β-unsaturated/α-hetero) is 1. The highest BCUT2D eigenvalue weighted by Gasteiger charge is 2.21. The molecule has 0 aliphatic carbocycles. The summed E-state index contributed by atoms with van der Waals surface area (Å²) in [7, 11) is 0. The highest BCUT2D eigenvalue weighted by atomic mass is 16.5. The molecule has 0 saturated carbocycles. The van der Waals surface area contributed by atoms with Crippen LogP contribution < -0.4 is 0 Å². The summed E-state index contributed by atoms with van der Waals surface area (Å²) in [6, 6.07) is 2.03. The van der Waals surface area contributed by atoms with Gasteiger partial charge >= 0.3 is 0 Å². The zero-order valence-corrected chi connectivity index (χ0v) is 13.1. The molecule has 0 radical (unpaired) electrons. The zero-order valence-electron chi connectivity index (χ0n) is 13.1. The molecule has 0 bridgehead atoms. The number of carbonyl (C=O) groups excluding carboxylic acids is 1. The molecule has 0 amide bonds. The number of ether oxygens (including phenoxy) is 1. The van der Waals surface area contributed by atoms with Crippen LogP contribution >= 0.6 is 0 Å². The number of hydrogen-bond acceptors (Lipinski definition) is 3. The van der Waals surface area contributed by atoms with Crippen LogP contribution in [0.2, 0.25) is 0 Å². The molecule has 1 aromatic heterocycles. The van der Waals surface area contributed by atoms with Crippen LogP contribution in [0, 0.1) is 13.8 Å². The smallest absolute Gasteiger partial charge is 0.178 e. The molecule has 1 aromatic rings. The van der Waals surface area contributed by atoms with Gasteiger partial charge in [-0.3, -0.25) is 9.69 Å². The molecule has 20 heavy (non-hydrogen) atoms. The molecule has 1 aliphatic rings. The Labute approximate surface area is 121 Å². The van der Waals surface area contributed by atoms with Crippen LogP contribution in [-0.2, 0) is 11.3 Å². The van der Waals surface area contributed by atoms with E-state index >= 15 is 0 Å². The van der Waals surface area contributed by atoms with Crippen LogP contribution in [0.25, 0.3) is 0 Å². The van der Waals surface area contributed by atoms with Crippen molar-refractivity contribution >= 4 is 5.78 Å². The number of aromatic nitrogens is 1. The van der Waals surface area contributed by atoms with E-state index in [1.165, 1.54) is 5.69 Å². The number of carbonyl (C=O) groups is 1. The standard InChI is InChI=1S/C16H26N2O2/c1-5-18-12(2)9-15(14(18)4)16(19)11-17-7-6-8-20-13(3)10-17/h9,13H,5-8,10-11H2,1-4H3. The first-order valence-electron chi connectivity index (χ1n) is 7.56. The summed E-state index contributed by atoms with van der Waals surface area (Å²) in [5, 5.41) is 0. The third-order valence-corrected chi connectivity index (χ3v) is 4.09.